The summed E-state index contributed by atoms with van der Waals surface area (Å²) in [5.41, 5.74) is 1.93. The van der Waals surface area contributed by atoms with Crippen LogP contribution in [0.4, 0.5) is 0 Å². The highest BCUT2D eigenvalue weighted by Gasteiger charge is 2.51. The third kappa shape index (κ3) is 6.67. The second-order valence-corrected chi connectivity index (χ2v) is 14.7. The van der Waals surface area contributed by atoms with Gasteiger partial charge in [-0.3, -0.25) is 8.37 Å². The van der Waals surface area contributed by atoms with E-state index in [1.54, 1.807) is 56.3 Å². The quantitative estimate of drug-likeness (QED) is 0.296. The summed E-state index contributed by atoms with van der Waals surface area (Å²) in [5, 5.41) is 0. The topological polar surface area (TPSA) is 161 Å². The lowest BCUT2D eigenvalue weighted by Crippen LogP contribution is -2.41. The summed E-state index contributed by atoms with van der Waals surface area (Å²) in [6.07, 6.45) is -5.56. The molecule has 43 heavy (non-hydrogen) atoms. The number of aryl methyl sites for hydroxylation is 2. The Balaban J connectivity index is 1.41. The summed E-state index contributed by atoms with van der Waals surface area (Å²) >= 11 is 0. The van der Waals surface area contributed by atoms with Crippen molar-refractivity contribution in [1.29, 1.82) is 0 Å². The molecule has 0 unspecified atom stereocenters. The zero-order valence-electron chi connectivity index (χ0n) is 23.3. The number of rotatable bonds is 10. The van der Waals surface area contributed by atoms with Crippen molar-refractivity contribution in [2.75, 3.05) is 13.7 Å². The van der Waals surface area contributed by atoms with Crippen LogP contribution in [0.3, 0.4) is 0 Å². The molecule has 1 fully saturated rings. The highest BCUT2D eigenvalue weighted by atomic mass is 32.2. The molecule has 15 heteroatoms. The van der Waals surface area contributed by atoms with E-state index in [0.717, 1.165) is 11.1 Å². The lowest BCUT2D eigenvalue weighted by Gasteiger charge is -2.23. The Kier molecular flexibility index (Phi) is 8.77. The number of sulfonamides is 1. The van der Waals surface area contributed by atoms with Gasteiger partial charge in [0.1, 0.15) is 11.0 Å². The predicted molar refractivity (Wildman–Crippen MR) is 153 cm³/mol. The fourth-order valence-corrected chi connectivity index (χ4v) is 7.93. The van der Waals surface area contributed by atoms with Crippen molar-refractivity contribution in [1.82, 2.24) is 0 Å². The van der Waals surface area contributed by atoms with E-state index < -0.39 is 54.9 Å². The van der Waals surface area contributed by atoms with E-state index in [0.29, 0.717) is 0 Å². The number of methoxy groups -OCH3 is 1. The van der Waals surface area contributed by atoms with Gasteiger partial charge in [-0.2, -0.15) is 25.3 Å². The molecule has 0 saturated carbocycles. The van der Waals surface area contributed by atoms with Crippen molar-refractivity contribution in [3.8, 4) is 0 Å². The molecular weight excluding hydrogens is 623 g/mol. The van der Waals surface area contributed by atoms with E-state index >= 15 is 0 Å². The molecule has 0 aliphatic carbocycles. The van der Waals surface area contributed by atoms with Gasteiger partial charge in [0.15, 0.2) is 12.4 Å². The zero-order valence-corrected chi connectivity index (χ0v) is 25.8. The van der Waals surface area contributed by atoms with Crippen molar-refractivity contribution in [2.24, 2.45) is 4.40 Å². The molecule has 1 saturated heterocycles. The second kappa shape index (κ2) is 12.1. The number of hydrogen-bond donors (Lipinski definition) is 0. The van der Waals surface area contributed by atoms with Gasteiger partial charge in [-0.25, -0.2) is 0 Å². The van der Waals surface area contributed by atoms with Crippen molar-refractivity contribution in [2.45, 2.75) is 59.6 Å². The molecule has 0 spiro atoms. The minimum Gasteiger partial charge on any atom is -0.477 e. The molecule has 2 aliphatic heterocycles. The lowest BCUT2D eigenvalue weighted by molar-refractivity contribution is -0.144. The lowest BCUT2D eigenvalue weighted by atomic mass is 10.1. The molecule has 0 amide bonds. The molecule has 0 N–H and O–H groups in total. The second-order valence-electron chi connectivity index (χ2n) is 9.94. The summed E-state index contributed by atoms with van der Waals surface area (Å²) in [6.45, 7) is 3.39. The first-order valence-electron chi connectivity index (χ1n) is 13.1. The first-order valence-corrected chi connectivity index (χ1v) is 17.3. The standard InChI is InChI=1S/C28H29NO11S3/c1-18-8-12-20(13-9-18)42(32,33)39-25-23(16-17-37-27-22-6-4-5-7-24(22)41(30,31)29-27)38-28(36-3)26(25)40-43(34,35)21-14-10-19(2)11-15-21/h4-15,23,25-26,28H,16-17H2,1-3H3/t23-,25-,26+,28+/m0/s1. The third-order valence-corrected chi connectivity index (χ3v) is 10.8. The number of ether oxygens (including phenoxy) is 3. The zero-order chi connectivity index (χ0) is 31.0. The van der Waals surface area contributed by atoms with Gasteiger partial charge in [-0.1, -0.05) is 47.5 Å². The Bertz CT molecular complexity index is 1840. The normalized spacial score (nSPS) is 23.1. The largest absolute Gasteiger partial charge is 0.477 e. The van der Waals surface area contributed by atoms with Crippen LogP contribution in [0, 0.1) is 13.8 Å². The maximum absolute atomic E-state index is 13.3. The fourth-order valence-electron chi connectivity index (χ4n) is 4.60. The molecule has 2 heterocycles. The molecule has 5 rings (SSSR count). The Labute approximate surface area is 250 Å². The van der Waals surface area contributed by atoms with Crippen LogP contribution in [0.15, 0.2) is 91.9 Å². The van der Waals surface area contributed by atoms with Gasteiger partial charge in [-0.15, -0.1) is 4.40 Å². The van der Waals surface area contributed by atoms with Crippen LogP contribution in [0.1, 0.15) is 23.1 Å². The summed E-state index contributed by atoms with van der Waals surface area (Å²) in [4.78, 5) is -0.308. The van der Waals surface area contributed by atoms with Crippen molar-refractivity contribution >= 4 is 36.2 Å². The first-order chi connectivity index (χ1) is 20.3. The summed E-state index contributed by atoms with van der Waals surface area (Å²) < 4.78 is 109. The molecule has 4 atom stereocenters. The van der Waals surface area contributed by atoms with Crippen LogP contribution in [0.2, 0.25) is 0 Å². The number of fused-ring (bicyclic) bond motifs is 1. The van der Waals surface area contributed by atoms with E-state index in [2.05, 4.69) is 4.40 Å². The van der Waals surface area contributed by atoms with E-state index in [-0.39, 0.29) is 39.2 Å². The molecule has 0 aromatic heterocycles. The first kappa shape index (κ1) is 31.3. The number of nitrogens with zero attached hydrogens (tertiary/aromatic N) is 1. The highest BCUT2D eigenvalue weighted by molar-refractivity contribution is 7.90. The van der Waals surface area contributed by atoms with Gasteiger partial charge in [-0.05, 0) is 50.2 Å². The molecule has 3 aromatic carbocycles. The smallest absolute Gasteiger partial charge is 0.297 e. The van der Waals surface area contributed by atoms with Crippen molar-refractivity contribution < 1.29 is 47.8 Å². The maximum Gasteiger partial charge on any atom is 0.297 e. The average Bonchev–Trinajstić information content (AvgIpc) is 3.41. The molecule has 0 bridgehead atoms. The van der Waals surface area contributed by atoms with E-state index in [9.17, 15) is 25.3 Å². The van der Waals surface area contributed by atoms with Crippen LogP contribution < -0.4 is 0 Å². The van der Waals surface area contributed by atoms with Gasteiger partial charge in [0.05, 0.1) is 28.1 Å². The van der Waals surface area contributed by atoms with Crippen LogP contribution >= 0.6 is 0 Å². The Morgan fingerprint density at radius 1 is 0.791 bits per heavy atom. The van der Waals surface area contributed by atoms with Crippen molar-refractivity contribution in [3.63, 3.8) is 0 Å². The number of hydrogen-bond acceptors (Lipinski definition) is 11. The molecule has 0 radical (unpaired) electrons. The average molecular weight is 652 g/mol. The molecule has 2 aliphatic rings. The number of benzene rings is 3. The van der Waals surface area contributed by atoms with E-state index in [1.807, 2.05) is 0 Å². The Morgan fingerprint density at radius 3 is 1.88 bits per heavy atom. The van der Waals surface area contributed by atoms with Crippen molar-refractivity contribution in [3.05, 3.63) is 89.5 Å². The van der Waals surface area contributed by atoms with Gasteiger partial charge in [0.25, 0.3) is 30.3 Å². The van der Waals surface area contributed by atoms with Crippen LogP contribution in [-0.4, -0.2) is 69.5 Å². The molecular formula is C28H29NO11S3. The Hall–Kier alpha value is -3.18. The third-order valence-electron chi connectivity index (χ3n) is 6.83. The van der Waals surface area contributed by atoms with Gasteiger partial charge >= 0.3 is 0 Å². The fraction of sp³-hybridized carbons (Fsp3) is 0.321. The highest BCUT2D eigenvalue weighted by Crippen LogP contribution is 2.34. The molecule has 3 aromatic rings. The minimum atomic E-state index is -4.43. The summed E-state index contributed by atoms with van der Waals surface area (Å²) in [6, 6.07) is 18.0. The predicted octanol–water partition coefficient (Wildman–Crippen LogP) is 3.08. The van der Waals surface area contributed by atoms with E-state index in [4.69, 9.17) is 22.6 Å². The van der Waals surface area contributed by atoms with Gasteiger partial charge in [0, 0.05) is 13.5 Å². The van der Waals surface area contributed by atoms with Crippen LogP contribution in [-0.2, 0) is 52.8 Å². The monoisotopic (exact) mass is 651 g/mol. The van der Waals surface area contributed by atoms with Gasteiger partial charge in [0.2, 0.25) is 5.90 Å². The minimum absolute atomic E-state index is 0.00161. The van der Waals surface area contributed by atoms with E-state index in [1.165, 1.54) is 37.4 Å². The van der Waals surface area contributed by atoms with Crippen LogP contribution in [0.5, 0.6) is 0 Å². The Morgan fingerprint density at radius 2 is 1.33 bits per heavy atom. The van der Waals surface area contributed by atoms with Gasteiger partial charge < -0.3 is 14.2 Å². The van der Waals surface area contributed by atoms with Crippen LogP contribution in [0.25, 0.3) is 0 Å². The summed E-state index contributed by atoms with van der Waals surface area (Å²) in [5.74, 6) is -0.128. The SMILES string of the molecule is CO[C@@H]1O[C@@H](CCOC2=NS(=O)(=O)c3ccccc32)[C@H](OS(=O)(=O)c2ccc(C)cc2)[C@H]1OS(=O)(=O)c1ccc(C)cc1. The molecule has 230 valence electrons. The molecule has 12 nitrogen and oxygen atoms in total. The maximum atomic E-state index is 13.3. The summed E-state index contributed by atoms with van der Waals surface area (Å²) in [7, 11) is -11.5.